The standard InChI is InChI=1S/C24H27F3N8O/c1-3-13-9-30-20(31-10-13)15-5-6-16(15)21-32-22-19(23(36)33-21)17(8-28)34-35(22)12(2)14-4-7-18(29-11-14)24(25,26)27/h4,7,9-12,15-17,19,21-22,32,34H,3,5-6H2,1-2H3,(H,33,36)/t12-,15?,16?,17?,19?,21?,22?/m0/s1. The molecule has 3 aliphatic rings. The highest BCUT2D eigenvalue weighted by molar-refractivity contribution is 5.82. The topological polar surface area (TPSA) is 119 Å². The van der Waals surface area contributed by atoms with Gasteiger partial charge in [-0.25, -0.2) is 20.4 Å². The Morgan fingerprint density at radius 1 is 1.19 bits per heavy atom. The van der Waals surface area contributed by atoms with E-state index in [-0.39, 0.29) is 23.9 Å². The summed E-state index contributed by atoms with van der Waals surface area (Å²) in [6.45, 7) is 3.84. The zero-order valence-corrected chi connectivity index (χ0v) is 19.8. The Balaban J connectivity index is 1.36. The van der Waals surface area contributed by atoms with Gasteiger partial charge < -0.3 is 5.32 Å². The molecule has 1 amide bonds. The molecule has 2 aliphatic heterocycles. The van der Waals surface area contributed by atoms with Crippen molar-refractivity contribution in [1.82, 2.24) is 36.0 Å². The van der Waals surface area contributed by atoms with Crippen LogP contribution < -0.4 is 16.1 Å². The fraction of sp³-hybridized carbons (Fsp3) is 0.542. The number of aromatic nitrogens is 3. The lowest BCUT2D eigenvalue weighted by Crippen LogP contribution is -2.68. The van der Waals surface area contributed by atoms with Crippen LogP contribution in [0.25, 0.3) is 0 Å². The van der Waals surface area contributed by atoms with Gasteiger partial charge in [0.15, 0.2) is 0 Å². The largest absolute Gasteiger partial charge is 0.433 e. The number of carbonyl (C=O) groups is 1. The van der Waals surface area contributed by atoms with Gasteiger partial charge in [-0.1, -0.05) is 13.0 Å². The summed E-state index contributed by atoms with van der Waals surface area (Å²) in [6, 6.07) is 3.21. The van der Waals surface area contributed by atoms with E-state index in [2.05, 4.69) is 37.1 Å². The molecule has 4 heterocycles. The molecule has 36 heavy (non-hydrogen) atoms. The smallest absolute Gasteiger partial charge is 0.340 e. The summed E-state index contributed by atoms with van der Waals surface area (Å²) in [5, 5.41) is 18.0. The molecule has 0 bridgehead atoms. The van der Waals surface area contributed by atoms with Crippen molar-refractivity contribution in [2.24, 2.45) is 11.8 Å². The predicted molar refractivity (Wildman–Crippen MR) is 121 cm³/mol. The van der Waals surface area contributed by atoms with Crippen LogP contribution in [-0.2, 0) is 17.4 Å². The van der Waals surface area contributed by atoms with Gasteiger partial charge in [0, 0.05) is 36.5 Å². The Kier molecular flexibility index (Phi) is 6.40. The maximum atomic E-state index is 13.1. The number of aryl methyl sites for hydroxylation is 1. The lowest BCUT2D eigenvalue weighted by Gasteiger charge is -2.47. The quantitative estimate of drug-likeness (QED) is 0.573. The molecule has 6 unspecified atom stereocenters. The molecule has 7 atom stereocenters. The molecule has 190 valence electrons. The molecule has 1 aliphatic carbocycles. The number of amides is 1. The number of hydrogen-bond donors (Lipinski definition) is 3. The average molecular weight is 501 g/mol. The maximum absolute atomic E-state index is 13.1. The third-order valence-corrected chi connectivity index (χ3v) is 7.57. The molecule has 5 rings (SSSR count). The molecule has 2 saturated heterocycles. The van der Waals surface area contributed by atoms with Crippen LogP contribution in [0, 0.1) is 23.2 Å². The highest BCUT2D eigenvalue weighted by Crippen LogP contribution is 2.44. The van der Waals surface area contributed by atoms with E-state index < -0.39 is 36.0 Å². The first-order valence-electron chi connectivity index (χ1n) is 12.1. The third kappa shape index (κ3) is 4.31. The summed E-state index contributed by atoms with van der Waals surface area (Å²) in [5.41, 5.74) is 3.70. The number of rotatable bonds is 5. The van der Waals surface area contributed by atoms with Crippen LogP contribution in [0.5, 0.6) is 0 Å². The van der Waals surface area contributed by atoms with Crippen LogP contribution in [0.4, 0.5) is 13.2 Å². The highest BCUT2D eigenvalue weighted by Gasteiger charge is 2.54. The lowest BCUT2D eigenvalue weighted by atomic mass is 9.70. The fourth-order valence-corrected chi connectivity index (χ4v) is 5.29. The van der Waals surface area contributed by atoms with Crippen LogP contribution in [0.3, 0.4) is 0 Å². The van der Waals surface area contributed by atoms with Gasteiger partial charge in [0.25, 0.3) is 0 Å². The van der Waals surface area contributed by atoms with Gasteiger partial charge in [-0.15, -0.1) is 0 Å². The summed E-state index contributed by atoms with van der Waals surface area (Å²) in [7, 11) is 0. The molecule has 2 aromatic rings. The summed E-state index contributed by atoms with van der Waals surface area (Å²) < 4.78 is 38.8. The van der Waals surface area contributed by atoms with Crippen molar-refractivity contribution in [1.29, 1.82) is 5.26 Å². The van der Waals surface area contributed by atoms with E-state index in [0.29, 0.717) is 5.56 Å². The van der Waals surface area contributed by atoms with Gasteiger partial charge in [0.1, 0.15) is 17.6 Å². The first-order valence-corrected chi connectivity index (χ1v) is 12.1. The van der Waals surface area contributed by atoms with E-state index in [0.717, 1.165) is 36.7 Å². The van der Waals surface area contributed by atoms with Crippen molar-refractivity contribution >= 4 is 5.91 Å². The summed E-state index contributed by atoms with van der Waals surface area (Å²) in [6.07, 6.45) is 2.08. The Labute approximate surface area is 206 Å². The minimum absolute atomic E-state index is 0.0772. The van der Waals surface area contributed by atoms with Crippen LogP contribution in [0.2, 0.25) is 0 Å². The van der Waals surface area contributed by atoms with Crippen molar-refractivity contribution in [3.63, 3.8) is 0 Å². The van der Waals surface area contributed by atoms with E-state index >= 15 is 0 Å². The maximum Gasteiger partial charge on any atom is 0.433 e. The molecule has 1 saturated carbocycles. The number of carbonyl (C=O) groups excluding carboxylic acids is 1. The Hall–Kier alpha value is -3.14. The molecule has 3 N–H and O–H groups in total. The highest BCUT2D eigenvalue weighted by atomic mass is 19.4. The molecule has 0 spiro atoms. The SMILES string of the molecule is CCc1cnc(C2CCC2C2NC(=O)C3C(C#N)NN([C@@H](C)c4ccc(C(F)(F)F)nc4)C3N2)nc1. The van der Waals surface area contributed by atoms with Crippen molar-refractivity contribution in [3.8, 4) is 6.07 Å². The van der Waals surface area contributed by atoms with E-state index in [1.807, 2.05) is 19.3 Å². The number of nitrogens with one attached hydrogen (secondary N) is 3. The Bertz CT molecular complexity index is 1150. The van der Waals surface area contributed by atoms with E-state index in [4.69, 9.17) is 0 Å². The monoisotopic (exact) mass is 500 g/mol. The van der Waals surface area contributed by atoms with E-state index in [1.165, 1.54) is 12.3 Å². The number of hydrazine groups is 1. The second kappa shape index (κ2) is 9.38. The fourth-order valence-electron chi connectivity index (χ4n) is 5.29. The Morgan fingerprint density at radius 3 is 2.50 bits per heavy atom. The van der Waals surface area contributed by atoms with Crippen LogP contribution >= 0.6 is 0 Å². The van der Waals surface area contributed by atoms with Gasteiger partial charge in [-0.05, 0) is 43.4 Å². The molecule has 3 fully saturated rings. The molecular weight excluding hydrogens is 473 g/mol. The zero-order chi connectivity index (χ0) is 25.6. The number of nitrogens with zero attached hydrogens (tertiary/aromatic N) is 5. The van der Waals surface area contributed by atoms with Gasteiger partial charge in [-0.3, -0.25) is 15.1 Å². The van der Waals surface area contributed by atoms with Crippen molar-refractivity contribution < 1.29 is 18.0 Å². The number of halogens is 3. The number of pyridine rings is 1. The molecule has 0 radical (unpaired) electrons. The number of nitriles is 1. The van der Waals surface area contributed by atoms with Crippen molar-refractivity contribution in [2.75, 3.05) is 0 Å². The minimum Gasteiger partial charge on any atom is -0.340 e. The van der Waals surface area contributed by atoms with Gasteiger partial charge in [0.05, 0.1) is 24.3 Å². The number of fused-ring (bicyclic) bond motifs is 1. The van der Waals surface area contributed by atoms with Crippen LogP contribution in [0.15, 0.2) is 30.7 Å². The second-order valence-corrected chi connectivity index (χ2v) is 9.57. The van der Waals surface area contributed by atoms with E-state index in [1.54, 1.807) is 11.9 Å². The van der Waals surface area contributed by atoms with E-state index in [9.17, 15) is 23.2 Å². The lowest BCUT2D eigenvalue weighted by molar-refractivity contribution is -0.141. The first-order chi connectivity index (χ1) is 17.2. The second-order valence-electron chi connectivity index (χ2n) is 9.57. The minimum atomic E-state index is -4.53. The predicted octanol–water partition coefficient (Wildman–Crippen LogP) is 2.41. The summed E-state index contributed by atoms with van der Waals surface area (Å²) in [4.78, 5) is 25.8. The molecule has 2 aromatic heterocycles. The third-order valence-electron chi connectivity index (χ3n) is 7.57. The molecule has 9 nitrogen and oxygen atoms in total. The van der Waals surface area contributed by atoms with Gasteiger partial charge in [0.2, 0.25) is 5.91 Å². The number of hydrogen-bond acceptors (Lipinski definition) is 8. The van der Waals surface area contributed by atoms with Crippen molar-refractivity contribution in [2.45, 2.75) is 69.6 Å². The molecule has 12 heteroatoms. The van der Waals surface area contributed by atoms with Gasteiger partial charge in [-0.2, -0.15) is 18.4 Å². The summed E-state index contributed by atoms with van der Waals surface area (Å²) in [5.74, 6) is -0.00226. The van der Waals surface area contributed by atoms with Gasteiger partial charge >= 0.3 is 6.18 Å². The normalized spacial score (nSPS) is 31.2. The van der Waals surface area contributed by atoms with Crippen molar-refractivity contribution in [3.05, 3.63) is 53.4 Å². The average Bonchev–Trinajstić information content (AvgIpc) is 3.22. The number of alkyl halides is 3. The Morgan fingerprint density at radius 2 is 1.94 bits per heavy atom. The summed E-state index contributed by atoms with van der Waals surface area (Å²) >= 11 is 0. The first kappa shape index (κ1) is 24.5. The van der Waals surface area contributed by atoms with Crippen LogP contribution in [-0.4, -0.2) is 44.2 Å². The molecule has 0 aromatic carbocycles. The molecular formula is C24H27F3N8O. The van der Waals surface area contributed by atoms with Crippen LogP contribution in [0.1, 0.15) is 61.3 Å². The zero-order valence-electron chi connectivity index (χ0n) is 19.8.